The lowest BCUT2D eigenvalue weighted by Gasteiger charge is -2.33. The fraction of sp³-hybridized carbons (Fsp3) is 0.636. The molecule has 0 bridgehead atoms. The van der Waals surface area contributed by atoms with E-state index in [1.54, 1.807) is 0 Å². The molecule has 0 aromatic heterocycles. The molecule has 16 heteroatoms. The van der Waals surface area contributed by atoms with Crippen molar-refractivity contribution in [2.45, 2.75) is 194 Å². The molecule has 0 N–H and O–H groups in total. The Hall–Kier alpha value is -4.24. The topological polar surface area (TPSA) is 0 Å². The number of hydrogen-bond donors (Lipinski definition) is 0. The van der Waals surface area contributed by atoms with Gasteiger partial charge in [0.25, 0.3) is 23.7 Å². The number of alkyl halides is 8. The van der Waals surface area contributed by atoms with Crippen LogP contribution in [0.1, 0.15) is 186 Å². The van der Waals surface area contributed by atoms with E-state index in [4.69, 9.17) is 0 Å². The molecule has 0 amide bonds. The summed E-state index contributed by atoms with van der Waals surface area (Å²) >= 11 is 0. The van der Waals surface area contributed by atoms with Gasteiger partial charge in [0.2, 0.25) is 0 Å². The zero-order valence-electron chi connectivity index (χ0n) is 47.6. The molecule has 0 heterocycles. The van der Waals surface area contributed by atoms with Crippen LogP contribution < -0.4 is 0 Å². The number of hydrogen-bond acceptors (Lipinski definition) is 0. The fourth-order valence-corrected chi connectivity index (χ4v) is 15.7. The van der Waals surface area contributed by atoms with Crippen LogP contribution in [0, 0.1) is 131 Å². The molecule has 0 nitrogen and oxygen atoms in total. The Morgan fingerprint density at radius 2 is 0.512 bits per heavy atom. The average molecular weight is 1170 g/mol. The Bertz CT molecular complexity index is 2730. The summed E-state index contributed by atoms with van der Waals surface area (Å²) in [7, 11) is 0. The molecule has 4 aromatic rings. The normalized spacial score (nSPS) is 31.7. The lowest BCUT2D eigenvalue weighted by molar-refractivity contribution is -0.0843. The van der Waals surface area contributed by atoms with Crippen molar-refractivity contribution in [2.24, 2.45) is 71.0 Å². The van der Waals surface area contributed by atoms with Gasteiger partial charge >= 0.3 is 0 Å². The third kappa shape index (κ3) is 11.8. The molecule has 452 valence electrons. The van der Waals surface area contributed by atoms with E-state index < -0.39 is 116 Å². The molecule has 0 saturated heterocycles. The molecular formula is C66H76F16. The molecule has 8 aliphatic carbocycles. The molecule has 8 aliphatic rings. The highest BCUT2D eigenvalue weighted by Gasteiger charge is 2.58. The van der Waals surface area contributed by atoms with Gasteiger partial charge in [0.1, 0.15) is 0 Å². The molecule has 82 heavy (non-hydrogen) atoms. The monoisotopic (exact) mass is 1170 g/mol. The van der Waals surface area contributed by atoms with Crippen LogP contribution >= 0.6 is 0 Å². The molecule has 0 radical (unpaired) electrons. The smallest absolute Gasteiger partial charge is 0.204 e. The zero-order valence-corrected chi connectivity index (χ0v) is 47.6. The van der Waals surface area contributed by atoms with Crippen molar-refractivity contribution >= 4 is 0 Å². The summed E-state index contributed by atoms with van der Waals surface area (Å²) in [5, 5.41) is 0. The summed E-state index contributed by atoms with van der Waals surface area (Å²) in [6.45, 7) is 11.4. The fourth-order valence-electron chi connectivity index (χ4n) is 15.7. The van der Waals surface area contributed by atoms with Gasteiger partial charge in [-0.05, 0) is 184 Å². The predicted molar refractivity (Wildman–Crippen MR) is 284 cm³/mol. The van der Waals surface area contributed by atoms with Crippen molar-refractivity contribution in [1.29, 1.82) is 0 Å². The largest absolute Gasteiger partial charge is 0.279 e. The minimum absolute atomic E-state index is 0.0870. The molecular weight excluding hydrogens is 1100 g/mol. The van der Waals surface area contributed by atoms with Crippen LogP contribution in [0.25, 0.3) is 0 Å². The van der Waals surface area contributed by atoms with E-state index in [0.717, 1.165) is 115 Å². The molecule has 12 rings (SSSR count). The number of halogens is 16. The first-order chi connectivity index (χ1) is 38.5. The van der Waals surface area contributed by atoms with E-state index in [2.05, 4.69) is 27.7 Å². The Morgan fingerprint density at radius 3 is 0.756 bits per heavy atom. The highest BCUT2D eigenvalue weighted by Crippen LogP contribution is 2.58. The van der Waals surface area contributed by atoms with Gasteiger partial charge in [-0.1, -0.05) is 103 Å². The zero-order chi connectivity index (χ0) is 59.7. The standard InChI is InChI=1S/2C17H20F4.2C16H18F4/c2*1-9-3-5-11(6-4-9)13-8-12-7-10(2)15(18)16(19)14(12)17(13,20)21;2*1-9-2-4-10(5-3-9)12-8-11-6-7-13(17)15(18)14(11)16(12,19)20/h2*7,9,11,13H,3-6,8H2,1-2H3;2*6-7,9-10,12H,2-5,8H2,1H3. The second-order valence-electron chi connectivity index (χ2n) is 26.3. The Morgan fingerprint density at radius 1 is 0.293 bits per heavy atom. The van der Waals surface area contributed by atoms with Crippen LogP contribution in [-0.2, 0) is 49.4 Å². The van der Waals surface area contributed by atoms with Crippen LogP contribution in [0.5, 0.6) is 0 Å². The maximum Gasteiger partial charge on any atom is 0.279 e. The van der Waals surface area contributed by atoms with Crippen LogP contribution in [0.3, 0.4) is 0 Å². The van der Waals surface area contributed by atoms with Crippen molar-refractivity contribution in [3.05, 3.63) is 139 Å². The molecule has 4 aromatic carbocycles. The number of fused-ring (bicyclic) bond motifs is 4. The molecule has 4 saturated carbocycles. The molecule has 0 aliphatic heterocycles. The SMILES string of the molecule is CC1CCC(C2Cc3ccc(F)c(F)c3C2(F)F)CC1.CC1CCC(C2Cc3ccc(F)c(F)c3C2(F)F)CC1.Cc1cc2c(c(F)c1F)C(F)(F)C(C1CCC(C)CC1)C2.Cc1cc2c(c(F)c1F)C(F)(F)C(C1CCC(C)CC1)C2. The van der Waals surface area contributed by atoms with Crippen LogP contribution in [0.4, 0.5) is 70.2 Å². The van der Waals surface area contributed by atoms with Gasteiger partial charge < -0.3 is 0 Å². The van der Waals surface area contributed by atoms with Crippen molar-refractivity contribution in [3.63, 3.8) is 0 Å². The summed E-state index contributed by atoms with van der Waals surface area (Å²) in [4.78, 5) is 0. The Balaban J connectivity index is 0.000000132. The first-order valence-corrected chi connectivity index (χ1v) is 29.9. The van der Waals surface area contributed by atoms with Crippen molar-refractivity contribution < 1.29 is 70.2 Å². The van der Waals surface area contributed by atoms with Crippen LogP contribution in [-0.4, -0.2) is 0 Å². The van der Waals surface area contributed by atoms with Gasteiger partial charge in [-0.3, -0.25) is 0 Å². The van der Waals surface area contributed by atoms with E-state index in [1.807, 2.05) is 0 Å². The van der Waals surface area contributed by atoms with Crippen molar-refractivity contribution in [1.82, 2.24) is 0 Å². The van der Waals surface area contributed by atoms with Gasteiger partial charge in [-0.25, -0.2) is 70.2 Å². The first-order valence-electron chi connectivity index (χ1n) is 29.9. The van der Waals surface area contributed by atoms with Gasteiger partial charge in [-0.2, -0.15) is 0 Å². The van der Waals surface area contributed by atoms with Gasteiger partial charge in [-0.15, -0.1) is 0 Å². The van der Waals surface area contributed by atoms with Crippen molar-refractivity contribution in [3.8, 4) is 0 Å². The lowest BCUT2D eigenvalue weighted by Crippen LogP contribution is -2.31. The summed E-state index contributed by atoms with van der Waals surface area (Å²) in [5.74, 6) is -24.6. The van der Waals surface area contributed by atoms with Gasteiger partial charge in [0.15, 0.2) is 46.5 Å². The summed E-state index contributed by atoms with van der Waals surface area (Å²) in [6, 6.07) is 7.32. The summed E-state index contributed by atoms with van der Waals surface area (Å²) in [6.07, 6.45) is 14.4. The maximum atomic E-state index is 14.6. The van der Waals surface area contributed by atoms with E-state index in [9.17, 15) is 70.2 Å². The highest BCUT2D eigenvalue weighted by molar-refractivity contribution is 5.44. The van der Waals surface area contributed by atoms with Gasteiger partial charge in [0, 0.05) is 23.7 Å². The minimum Gasteiger partial charge on any atom is -0.204 e. The minimum atomic E-state index is -3.25. The second kappa shape index (κ2) is 23.9. The van der Waals surface area contributed by atoms with Gasteiger partial charge in [0.05, 0.1) is 22.3 Å². The quantitative estimate of drug-likeness (QED) is 0.179. The van der Waals surface area contributed by atoms with E-state index >= 15 is 0 Å². The summed E-state index contributed by atoms with van der Waals surface area (Å²) in [5.41, 5.74) is -1.40. The molecule has 4 fully saturated rings. The molecule has 0 spiro atoms. The highest BCUT2D eigenvalue weighted by atomic mass is 19.3. The number of rotatable bonds is 4. The molecule has 4 unspecified atom stereocenters. The van der Waals surface area contributed by atoms with E-state index in [0.29, 0.717) is 34.8 Å². The van der Waals surface area contributed by atoms with Crippen LogP contribution in [0.2, 0.25) is 0 Å². The van der Waals surface area contributed by atoms with E-state index in [-0.39, 0.29) is 71.6 Å². The summed E-state index contributed by atoms with van der Waals surface area (Å²) < 4.78 is 226. The van der Waals surface area contributed by atoms with E-state index in [1.165, 1.54) is 38.1 Å². The first kappa shape index (κ1) is 62.3. The molecule has 4 atom stereocenters. The second-order valence-corrected chi connectivity index (χ2v) is 26.3. The Labute approximate surface area is 472 Å². The maximum absolute atomic E-state index is 14.6. The Kier molecular flexibility index (Phi) is 18.2. The predicted octanol–water partition coefficient (Wildman–Crippen LogP) is 20.8. The van der Waals surface area contributed by atoms with Crippen molar-refractivity contribution in [2.75, 3.05) is 0 Å². The van der Waals surface area contributed by atoms with Crippen LogP contribution in [0.15, 0.2) is 36.4 Å². The number of aryl methyl sites for hydroxylation is 2. The third-order valence-corrected chi connectivity index (χ3v) is 20.8. The lowest BCUT2D eigenvalue weighted by atomic mass is 9.74. The number of benzene rings is 4. The third-order valence-electron chi connectivity index (χ3n) is 20.8. The average Bonchev–Trinajstić information content (AvgIpc) is 4.27.